The lowest BCUT2D eigenvalue weighted by Crippen LogP contribution is -2.20. The molecule has 0 unspecified atom stereocenters. The number of aryl methyl sites for hydroxylation is 2. The van der Waals surface area contributed by atoms with E-state index >= 15 is 0 Å². The summed E-state index contributed by atoms with van der Waals surface area (Å²) < 4.78 is 5.42. The van der Waals surface area contributed by atoms with E-state index in [0.717, 1.165) is 16.9 Å². The van der Waals surface area contributed by atoms with Crippen LogP contribution in [-0.4, -0.2) is 17.5 Å². The number of pyridine rings is 1. The van der Waals surface area contributed by atoms with Crippen LogP contribution in [0.2, 0.25) is 0 Å². The van der Waals surface area contributed by atoms with E-state index in [9.17, 15) is 4.79 Å². The number of ether oxygens (including phenoxy) is 1. The van der Waals surface area contributed by atoms with Crippen LogP contribution in [0, 0.1) is 13.8 Å². The number of hydrogen-bond donors (Lipinski definition) is 1. The van der Waals surface area contributed by atoms with Crippen molar-refractivity contribution in [2.24, 2.45) is 0 Å². The van der Waals surface area contributed by atoms with Gasteiger partial charge in [0.05, 0.1) is 0 Å². The molecule has 0 radical (unpaired) electrons. The molecule has 2 aromatic rings. The van der Waals surface area contributed by atoms with E-state index in [4.69, 9.17) is 4.74 Å². The van der Waals surface area contributed by atoms with Gasteiger partial charge in [-0.25, -0.2) is 0 Å². The Bertz CT molecular complexity index is 582. The minimum Gasteiger partial charge on any atom is -0.484 e. The van der Waals surface area contributed by atoms with Gasteiger partial charge in [0.1, 0.15) is 5.75 Å². The van der Waals surface area contributed by atoms with E-state index in [1.54, 1.807) is 12.3 Å². The highest BCUT2D eigenvalue weighted by Gasteiger charge is 2.04. The molecule has 1 aromatic heterocycles. The Labute approximate surface area is 112 Å². The fraction of sp³-hybridized carbons (Fsp3) is 0.200. The molecular weight excluding hydrogens is 240 g/mol. The van der Waals surface area contributed by atoms with Gasteiger partial charge >= 0.3 is 0 Å². The molecule has 4 heteroatoms. The van der Waals surface area contributed by atoms with Crippen LogP contribution in [0.5, 0.6) is 5.75 Å². The fourth-order valence-electron chi connectivity index (χ4n) is 1.67. The van der Waals surface area contributed by atoms with E-state index in [1.807, 2.05) is 44.2 Å². The van der Waals surface area contributed by atoms with Crippen molar-refractivity contribution >= 4 is 11.6 Å². The molecule has 98 valence electrons. The van der Waals surface area contributed by atoms with Crippen LogP contribution in [0.25, 0.3) is 0 Å². The van der Waals surface area contributed by atoms with Crippen molar-refractivity contribution in [1.29, 1.82) is 0 Å². The zero-order valence-corrected chi connectivity index (χ0v) is 11.0. The second kappa shape index (κ2) is 6.00. The number of carbonyl (C=O) groups excluding carboxylic acids is 1. The van der Waals surface area contributed by atoms with E-state index in [2.05, 4.69) is 10.3 Å². The van der Waals surface area contributed by atoms with Crippen molar-refractivity contribution < 1.29 is 9.53 Å². The molecule has 0 aliphatic rings. The van der Waals surface area contributed by atoms with E-state index in [-0.39, 0.29) is 12.5 Å². The molecule has 0 spiro atoms. The van der Waals surface area contributed by atoms with Crippen molar-refractivity contribution in [2.45, 2.75) is 13.8 Å². The van der Waals surface area contributed by atoms with Gasteiger partial charge in [0.2, 0.25) is 0 Å². The Hall–Kier alpha value is -2.36. The summed E-state index contributed by atoms with van der Waals surface area (Å²) in [6.07, 6.45) is 1.66. The Morgan fingerprint density at radius 1 is 1.26 bits per heavy atom. The molecule has 1 aromatic carbocycles. The highest BCUT2D eigenvalue weighted by Crippen LogP contribution is 2.12. The van der Waals surface area contributed by atoms with E-state index in [1.165, 1.54) is 0 Å². The first-order chi connectivity index (χ1) is 9.13. The number of amides is 1. The van der Waals surface area contributed by atoms with Gasteiger partial charge in [-0.15, -0.1) is 0 Å². The topological polar surface area (TPSA) is 51.2 Å². The van der Waals surface area contributed by atoms with Crippen LogP contribution in [0.3, 0.4) is 0 Å². The second-order valence-electron chi connectivity index (χ2n) is 4.34. The number of nitrogens with zero attached hydrogens (tertiary/aromatic N) is 1. The number of nitrogens with one attached hydrogen (secondary N) is 1. The Morgan fingerprint density at radius 2 is 2.11 bits per heavy atom. The van der Waals surface area contributed by atoms with Crippen LogP contribution in [-0.2, 0) is 4.79 Å². The zero-order chi connectivity index (χ0) is 13.7. The highest BCUT2D eigenvalue weighted by atomic mass is 16.5. The van der Waals surface area contributed by atoms with Gasteiger partial charge in [-0.3, -0.25) is 9.78 Å². The summed E-state index contributed by atoms with van der Waals surface area (Å²) in [7, 11) is 0. The van der Waals surface area contributed by atoms with Gasteiger partial charge in [-0.2, -0.15) is 0 Å². The summed E-state index contributed by atoms with van der Waals surface area (Å²) in [6, 6.07) is 11.2. The quantitative estimate of drug-likeness (QED) is 0.915. The van der Waals surface area contributed by atoms with Crippen molar-refractivity contribution in [1.82, 2.24) is 4.98 Å². The van der Waals surface area contributed by atoms with Crippen LogP contribution >= 0.6 is 0 Å². The normalized spacial score (nSPS) is 10.0. The highest BCUT2D eigenvalue weighted by molar-refractivity contribution is 5.91. The molecule has 0 saturated heterocycles. The standard InChI is InChI=1S/C15H16N2O2/c1-11-4-3-5-14(8-11)19-10-15(18)17-13-6-7-16-12(2)9-13/h3-9H,10H2,1-2H3,(H,16,17,18). The van der Waals surface area contributed by atoms with E-state index < -0.39 is 0 Å². The van der Waals surface area contributed by atoms with Gasteiger partial charge < -0.3 is 10.1 Å². The predicted molar refractivity (Wildman–Crippen MR) is 74.3 cm³/mol. The minimum atomic E-state index is -0.188. The van der Waals surface area contributed by atoms with Crippen molar-refractivity contribution in [3.63, 3.8) is 0 Å². The monoisotopic (exact) mass is 256 g/mol. The van der Waals surface area contributed by atoms with E-state index in [0.29, 0.717) is 5.75 Å². The third-order valence-corrected chi connectivity index (χ3v) is 2.54. The van der Waals surface area contributed by atoms with Crippen molar-refractivity contribution in [2.75, 3.05) is 11.9 Å². The molecular formula is C15H16N2O2. The van der Waals surface area contributed by atoms with Crippen LogP contribution in [0.15, 0.2) is 42.6 Å². The van der Waals surface area contributed by atoms with Crippen LogP contribution in [0.1, 0.15) is 11.3 Å². The fourth-order valence-corrected chi connectivity index (χ4v) is 1.67. The zero-order valence-electron chi connectivity index (χ0n) is 11.0. The number of rotatable bonds is 4. The molecule has 0 fully saturated rings. The van der Waals surface area contributed by atoms with Gasteiger partial charge in [-0.05, 0) is 43.7 Å². The third kappa shape index (κ3) is 4.10. The molecule has 0 bridgehead atoms. The van der Waals surface area contributed by atoms with Gasteiger partial charge in [-0.1, -0.05) is 12.1 Å². The number of anilines is 1. The van der Waals surface area contributed by atoms with Crippen molar-refractivity contribution in [3.05, 3.63) is 53.9 Å². The lowest BCUT2D eigenvalue weighted by atomic mass is 10.2. The molecule has 1 heterocycles. The summed E-state index contributed by atoms with van der Waals surface area (Å²) >= 11 is 0. The average Bonchev–Trinajstić information content (AvgIpc) is 2.36. The van der Waals surface area contributed by atoms with Gasteiger partial charge in [0, 0.05) is 17.6 Å². The first-order valence-corrected chi connectivity index (χ1v) is 6.05. The van der Waals surface area contributed by atoms with Crippen LogP contribution < -0.4 is 10.1 Å². The number of hydrogen-bond acceptors (Lipinski definition) is 3. The Kier molecular flexibility index (Phi) is 4.13. The lowest BCUT2D eigenvalue weighted by Gasteiger charge is -2.08. The molecule has 0 aliphatic carbocycles. The summed E-state index contributed by atoms with van der Waals surface area (Å²) in [4.78, 5) is 15.8. The van der Waals surface area contributed by atoms with Crippen molar-refractivity contribution in [3.8, 4) is 5.75 Å². The summed E-state index contributed by atoms with van der Waals surface area (Å²) in [6.45, 7) is 3.84. The molecule has 1 N–H and O–H groups in total. The van der Waals surface area contributed by atoms with Crippen LogP contribution in [0.4, 0.5) is 5.69 Å². The number of aromatic nitrogens is 1. The first-order valence-electron chi connectivity index (χ1n) is 6.05. The molecule has 19 heavy (non-hydrogen) atoms. The Balaban J connectivity index is 1.88. The molecule has 4 nitrogen and oxygen atoms in total. The third-order valence-electron chi connectivity index (χ3n) is 2.54. The lowest BCUT2D eigenvalue weighted by molar-refractivity contribution is -0.118. The summed E-state index contributed by atoms with van der Waals surface area (Å²) in [5, 5.41) is 2.76. The second-order valence-corrected chi connectivity index (χ2v) is 4.34. The maximum atomic E-state index is 11.7. The largest absolute Gasteiger partial charge is 0.484 e. The Morgan fingerprint density at radius 3 is 2.84 bits per heavy atom. The van der Waals surface area contributed by atoms with Gasteiger partial charge in [0.15, 0.2) is 6.61 Å². The number of benzene rings is 1. The smallest absolute Gasteiger partial charge is 0.262 e. The number of carbonyl (C=O) groups is 1. The maximum absolute atomic E-state index is 11.7. The van der Waals surface area contributed by atoms with Gasteiger partial charge in [0.25, 0.3) is 5.91 Å². The molecule has 0 aliphatic heterocycles. The minimum absolute atomic E-state index is 0.00910. The predicted octanol–water partition coefficient (Wildman–Crippen LogP) is 2.72. The SMILES string of the molecule is Cc1cccc(OCC(=O)Nc2ccnc(C)c2)c1. The summed E-state index contributed by atoms with van der Waals surface area (Å²) in [5.41, 5.74) is 2.69. The average molecular weight is 256 g/mol. The summed E-state index contributed by atoms with van der Waals surface area (Å²) in [5.74, 6) is 0.508. The first kappa shape index (κ1) is 13.1. The molecule has 2 rings (SSSR count). The molecule has 0 saturated carbocycles. The maximum Gasteiger partial charge on any atom is 0.262 e. The molecule has 0 atom stereocenters. The molecule has 1 amide bonds.